The van der Waals surface area contributed by atoms with Gasteiger partial charge in [-0.15, -0.1) is 4.67 Å². The van der Waals surface area contributed by atoms with Crippen molar-refractivity contribution in [3.05, 3.63) is 12.2 Å². The fraction of sp³-hybridized carbons (Fsp3) is 0.333. The first-order chi connectivity index (χ1) is 3.41. The molecule has 0 N–H and O–H groups in total. The van der Waals surface area contributed by atoms with E-state index in [1.54, 1.807) is 6.21 Å². The van der Waals surface area contributed by atoms with Crippen LogP contribution >= 0.6 is 0 Å². The maximum Gasteiger partial charge on any atom is 0.291 e. The van der Waals surface area contributed by atoms with Gasteiger partial charge in [-0.05, 0) is 6.42 Å². The number of hydrogen-bond donors (Lipinski definition) is 0. The third kappa shape index (κ3) is 5.19. The first-order valence-corrected chi connectivity index (χ1v) is 2.36. The molecule has 7 heavy (non-hydrogen) atoms. The standard InChI is InChI=1S/C6H10N/c1-3-4-5-6-7-2/h4-6H,2-3H2,1H3/q+1/b5-4+. The molecule has 38 valence electrons. The molecule has 0 heterocycles. The van der Waals surface area contributed by atoms with Crippen LogP contribution in [-0.2, 0) is 0 Å². The van der Waals surface area contributed by atoms with E-state index >= 15 is 0 Å². The highest BCUT2D eigenvalue weighted by atomic mass is 14.5. The van der Waals surface area contributed by atoms with Crippen LogP contribution in [0.2, 0.25) is 0 Å². The van der Waals surface area contributed by atoms with E-state index in [2.05, 4.69) is 18.3 Å². The van der Waals surface area contributed by atoms with Gasteiger partial charge >= 0.3 is 0 Å². The summed E-state index contributed by atoms with van der Waals surface area (Å²) < 4.78 is 3.51. The molecule has 0 unspecified atom stereocenters. The van der Waals surface area contributed by atoms with E-state index < -0.39 is 0 Å². The first kappa shape index (κ1) is 6.19. The molecule has 0 saturated heterocycles. The number of hydrogen-bond acceptors (Lipinski definition) is 0. The van der Waals surface area contributed by atoms with Crippen molar-refractivity contribution in [3.8, 4) is 0 Å². The molecule has 0 fully saturated rings. The van der Waals surface area contributed by atoms with Crippen LogP contribution in [0.25, 0.3) is 0 Å². The molecule has 0 radical (unpaired) electrons. The summed E-state index contributed by atoms with van der Waals surface area (Å²) in [7, 11) is 0. The second-order valence-corrected chi connectivity index (χ2v) is 1.17. The zero-order valence-corrected chi connectivity index (χ0v) is 4.59. The molecular weight excluding hydrogens is 86.1 g/mol. The van der Waals surface area contributed by atoms with E-state index in [4.69, 9.17) is 0 Å². The largest absolute Gasteiger partial charge is 0.291 e. The molecule has 0 aromatic rings. The predicted molar refractivity (Wildman–Crippen MR) is 34.7 cm³/mol. The van der Waals surface area contributed by atoms with Gasteiger partial charge in [0, 0.05) is 6.08 Å². The minimum Gasteiger partial charge on any atom is -0.109 e. The van der Waals surface area contributed by atoms with Crippen molar-refractivity contribution in [2.45, 2.75) is 13.3 Å². The summed E-state index contributed by atoms with van der Waals surface area (Å²) in [6.07, 6.45) is 6.64. The Hall–Kier alpha value is -0.810. The summed E-state index contributed by atoms with van der Waals surface area (Å²) in [6.45, 7) is 5.35. The van der Waals surface area contributed by atoms with Crippen LogP contribution in [0.4, 0.5) is 0 Å². The van der Waals surface area contributed by atoms with Crippen molar-refractivity contribution in [3.63, 3.8) is 0 Å². The molecule has 0 spiro atoms. The maximum absolute atomic E-state index is 3.51. The van der Waals surface area contributed by atoms with Gasteiger partial charge in [-0.25, -0.2) is 0 Å². The highest BCUT2D eigenvalue weighted by molar-refractivity contribution is 5.70. The van der Waals surface area contributed by atoms with Gasteiger partial charge in [-0.1, -0.05) is 13.0 Å². The van der Waals surface area contributed by atoms with Crippen LogP contribution in [0, 0.1) is 0 Å². The van der Waals surface area contributed by atoms with Crippen LogP contribution in [0.5, 0.6) is 0 Å². The Labute approximate surface area is 44.1 Å². The molecule has 0 aromatic carbocycles. The predicted octanol–water partition coefficient (Wildman–Crippen LogP) is 0.791. The van der Waals surface area contributed by atoms with Gasteiger partial charge in [0.15, 0.2) is 0 Å². The summed E-state index contributed by atoms with van der Waals surface area (Å²) in [5, 5.41) is 0. The van der Waals surface area contributed by atoms with Crippen molar-refractivity contribution < 1.29 is 0 Å². The van der Waals surface area contributed by atoms with Gasteiger partial charge in [0.05, 0.1) is 0 Å². The highest BCUT2D eigenvalue weighted by Gasteiger charge is 1.65. The molecule has 1 nitrogen and oxygen atoms in total. The monoisotopic (exact) mass is 96.1 g/mol. The lowest BCUT2D eigenvalue weighted by molar-refractivity contribution is 1.23. The third-order valence-corrected chi connectivity index (χ3v) is 0.563. The minimum absolute atomic E-state index is 1.06. The van der Waals surface area contributed by atoms with E-state index in [1.807, 2.05) is 12.2 Å². The van der Waals surface area contributed by atoms with Crippen LogP contribution in [0.3, 0.4) is 0 Å². The molecule has 1 heteroatoms. The SMILES string of the molecule is C=[N+]=C/C=C/CC. The normalized spacial score (nSPS) is 8.71. The lowest BCUT2D eigenvalue weighted by Crippen LogP contribution is -1.65. The fourth-order valence-corrected chi connectivity index (χ4v) is 0.258. The van der Waals surface area contributed by atoms with Crippen LogP contribution < -0.4 is 4.67 Å². The molecule has 0 aliphatic carbocycles. The number of allylic oxidation sites excluding steroid dienone is 2. The quantitative estimate of drug-likeness (QED) is 0.356. The Bertz CT molecular complexity index is 96.7. The maximum atomic E-state index is 3.51. The van der Waals surface area contributed by atoms with Gasteiger partial charge in [0.25, 0.3) is 12.9 Å². The van der Waals surface area contributed by atoms with Crippen LogP contribution in [0.1, 0.15) is 13.3 Å². The van der Waals surface area contributed by atoms with Gasteiger partial charge in [0.1, 0.15) is 0 Å². The van der Waals surface area contributed by atoms with E-state index in [0.29, 0.717) is 0 Å². The Morgan fingerprint density at radius 2 is 2.43 bits per heavy atom. The zero-order chi connectivity index (χ0) is 5.54. The zero-order valence-electron chi connectivity index (χ0n) is 4.59. The van der Waals surface area contributed by atoms with Crippen molar-refractivity contribution in [2.24, 2.45) is 0 Å². The summed E-state index contributed by atoms with van der Waals surface area (Å²) >= 11 is 0. The van der Waals surface area contributed by atoms with E-state index in [-0.39, 0.29) is 0 Å². The van der Waals surface area contributed by atoms with Crippen molar-refractivity contribution >= 4 is 12.9 Å². The van der Waals surface area contributed by atoms with Crippen LogP contribution in [0.15, 0.2) is 12.2 Å². The molecular formula is C6H10N+. The minimum atomic E-state index is 1.06. The summed E-state index contributed by atoms with van der Waals surface area (Å²) in [6, 6.07) is 0. The van der Waals surface area contributed by atoms with Crippen molar-refractivity contribution in [1.82, 2.24) is 4.67 Å². The Kier molecular flexibility index (Phi) is 4.59. The summed E-state index contributed by atoms with van der Waals surface area (Å²) in [5.41, 5.74) is 0. The van der Waals surface area contributed by atoms with Gasteiger partial charge in [-0.3, -0.25) is 0 Å². The summed E-state index contributed by atoms with van der Waals surface area (Å²) in [5.74, 6) is 0. The Morgan fingerprint density at radius 1 is 1.71 bits per heavy atom. The summed E-state index contributed by atoms with van der Waals surface area (Å²) in [4.78, 5) is 0. The van der Waals surface area contributed by atoms with Crippen LogP contribution in [-0.4, -0.2) is 12.9 Å². The lowest BCUT2D eigenvalue weighted by atomic mass is 10.4. The Balaban J connectivity index is 3.27. The average molecular weight is 96.2 g/mol. The van der Waals surface area contributed by atoms with Gasteiger partial charge < -0.3 is 0 Å². The smallest absolute Gasteiger partial charge is 0.109 e. The van der Waals surface area contributed by atoms with E-state index in [0.717, 1.165) is 6.42 Å². The number of nitrogens with zero attached hydrogens (tertiary/aromatic N) is 1. The molecule has 0 rings (SSSR count). The average Bonchev–Trinajstić information content (AvgIpc) is 1.69. The van der Waals surface area contributed by atoms with Crippen molar-refractivity contribution in [2.75, 3.05) is 0 Å². The van der Waals surface area contributed by atoms with E-state index in [1.165, 1.54) is 0 Å². The molecule has 0 saturated carbocycles. The fourth-order valence-electron chi connectivity index (χ4n) is 0.258. The lowest BCUT2D eigenvalue weighted by Gasteiger charge is -1.63. The molecule has 0 bridgehead atoms. The third-order valence-electron chi connectivity index (χ3n) is 0.563. The Morgan fingerprint density at radius 3 is 2.86 bits per heavy atom. The molecule has 0 amide bonds. The first-order valence-electron chi connectivity index (χ1n) is 2.36. The highest BCUT2D eigenvalue weighted by Crippen LogP contribution is 1.72. The van der Waals surface area contributed by atoms with Gasteiger partial charge in [0.2, 0.25) is 0 Å². The molecule has 0 aliphatic heterocycles. The van der Waals surface area contributed by atoms with Gasteiger partial charge in [-0.2, -0.15) is 0 Å². The molecule has 0 aromatic heterocycles. The molecule has 0 aliphatic rings. The second kappa shape index (κ2) is 5.19. The van der Waals surface area contributed by atoms with Crippen molar-refractivity contribution in [1.29, 1.82) is 0 Å². The molecule has 0 atom stereocenters. The topological polar surface area (TPSA) is 14.1 Å². The van der Waals surface area contributed by atoms with E-state index in [9.17, 15) is 0 Å². The number of rotatable bonds is 2. The second-order valence-electron chi connectivity index (χ2n) is 1.17.